The summed E-state index contributed by atoms with van der Waals surface area (Å²) in [5, 5.41) is 2.90. The van der Waals surface area contributed by atoms with Crippen molar-refractivity contribution in [3.63, 3.8) is 0 Å². The van der Waals surface area contributed by atoms with Gasteiger partial charge in [0.25, 0.3) is 5.91 Å². The third-order valence-electron chi connectivity index (χ3n) is 2.09. The minimum Gasteiger partial charge on any atom is -0.351 e. The number of nitrogens with one attached hydrogen (secondary N) is 1. The summed E-state index contributed by atoms with van der Waals surface area (Å²) in [7, 11) is 0. The van der Waals surface area contributed by atoms with Gasteiger partial charge in [0.05, 0.1) is 6.20 Å². The summed E-state index contributed by atoms with van der Waals surface area (Å²) in [6.07, 6.45) is 6.78. The first-order chi connectivity index (χ1) is 8.63. The molecule has 1 heterocycles. The zero-order valence-electron chi connectivity index (χ0n) is 11.1. The SMILES string of the molecule is CCSc1ncc(C(=O)NCC/C=C\C(C)C)s1. The molecule has 0 radical (unpaired) electrons. The highest BCUT2D eigenvalue weighted by Gasteiger charge is 2.09. The highest BCUT2D eigenvalue weighted by atomic mass is 32.2. The Bertz CT molecular complexity index is 399. The standard InChI is InChI=1S/C13H20N2OS2/c1-4-17-13-15-9-11(18-13)12(16)14-8-6-5-7-10(2)3/h5,7,9-10H,4,6,8H2,1-3H3,(H,14,16)/b7-5-. The van der Waals surface area contributed by atoms with E-state index in [9.17, 15) is 4.79 Å². The molecule has 1 rings (SSSR count). The highest BCUT2D eigenvalue weighted by Crippen LogP contribution is 2.23. The Hall–Kier alpha value is -0.810. The molecule has 0 spiro atoms. The van der Waals surface area contributed by atoms with Gasteiger partial charge in [-0.15, -0.1) is 11.3 Å². The molecule has 1 amide bonds. The third kappa shape index (κ3) is 5.69. The number of thioether (sulfide) groups is 1. The zero-order chi connectivity index (χ0) is 13.4. The summed E-state index contributed by atoms with van der Waals surface area (Å²) in [6, 6.07) is 0. The zero-order valence-corrected chi connectivity index (χ0v) is 12.7. The van der Waals surface area contributed by atoms with E-state index >= 15 is 0 Å². The van der Waals surface area contributed by atoms with Gasteiger partial charge in [-0.2, -0.15) is 0 Å². The Kier molecular flexibility index (Phi) is 7.05. The van der Waals surface area contributed by atoms with Crippen molar-refractivity contribution >= 4 is 29.0 Å². The Labute approximate surface area is 117 Å². The lowest BCUT2D eigenvalue weighted by molar-refractivity contribution is 0.0958. The van der Waals surface area contributed by atoms with Crippen LogP contribution in [0.15, 0.2) is 22.7 Å². The summed E-state index contributed by atoms with van der Waals surface area (Å²) in [5.41, 5.74) is 0. The summed E-state index contributed by atoms with van der Waals surface area (Å²) in [4.78, 5) is 16.7. The lowest BCUT2D eigenvalue weighted by Gasteiger charge is -2.00. The number of amides is 1. The second-order valence-corrected chi connectivity index (χ2v) is 6.68. The van der Waals surface area contributed by atoms with E-state index in [1.54, 1.807) is 18.0 Å². The molecule has 5 heteroatoms. The van der Waals surface area contributed by atoms with Crippen LogP contribution in [0, 0.1) is 5.92 Å². The smallest absolute Gasteiger partial charge is 0.263 e. The average Bonchev–Trinajstić information content (AvgIpc) is 2.77. The molecule has 1 aromatic rings. The Morgan fingerprint density at radius 3 is 3.06 bits per heavy atom. The number of carbonyl (C=O) groups is 1. The molecule has 0 unspecified atom stereocenters. The van der Waals surface area contributed by atoms with Crippen LogP contribution >= 0.6 is 23.1 Å². The number of hydrogen-bond acceptors (Lipinski definition) is 4. The van der Waals surface area contributed by atoms with Gasteiger partial charge in [0.15, 0.2) is 4.34 Å². The lowest BCUT2D eigenvalue weighted by atomic mass is 10.2. The van der Waals surface area contributed by atoms with Crippen molar-refractivity contribution in [2.45, 2.75) is 31.5 Å². The predicted octanol–water partition coefficient (Wildman–Crippen LogP) is 3.59. The van der Waals surface area contributed by atoms with Crippen molar-refractivity contribution in [1.82, 2.24) is 10.3 Å². The van der Waals surface area contributed by atoms with Crippen LogP contribution in [0.2, 0.25) is 0 Å². The Morgan fingerprint density at radius 1 is 1.61 bits per heavy atom. The van der Waals surface area contributed by atoms with E-state index in [0.29, 0.717) is 17.3 Å². The molecule has 0 atom stereocenters. The normalized spacial score (nSPS) is 11.3. The van der Waals surface area contributed by atoms with Crippen LogP contribution in [-0.2, 0) is 0 Å². The van der Waals surface area contributed by atoms with Crippen molar-refractivity contribution < 1.29 is 4.79 Å². The van der Waals surface area contributed by atoms with E-state index in [0.717, 1.165) is 16.5 Å². The van der Waals surface area contributed by atoms with Gasteiger partial charge >= 0.3 is 0 Å². The van der Waals surface area contributed by atoms with E-state index in [2.05, 4.69) is 43.2 Å². The number of allylic oxidation sites excluding steroid dienone is 1. The number of nitrogens with zero attached hydrogens (tertiary/aromatic N) is 1. The summed E-state index contributed by atoms with van der Waals surface area (Å²) in [5.74, 6) is 1.53. The molecule has 0 aromatic carbocycles. The third-order valence-corrected chi connectivity index (χ3v) is 4.13. The van der Waals surface area contributed by atoms with Crippen LogP contribution in [0.25, 0.3) is 0 Å². The molecule has 0 aliphatic carbocycles. The van der Waals surface area contributed by atoms with Gasteiger partial charge in [0, 0.05) is 6.54 Å². The van der Waals surface area contributed by atoms with Crippen LogP contribution in [-0.4, -0.2) is 23.2 Å². The largest absolute Gasteiger partial charge is 0.351 e. The molecular formula is C13H20N2OS2. The molecule has 0 saturated carbocycles. The van der Waals surface area contributed by atoms with Crippen LogP contribution in [0.1, 0.15) is 36.9 Å². The van der Waals surface area contributed by atoms with Gasteiger partial charge in [0.1, 0.15) is 4.88 Å². The Balaban J connectivity index is 2.31. The molecule has 0 fully saturated rings. The molecule has 1 N–H and O–H groups in total. The van der Waals surface area contributed by atoms with Crippen LogP contribution in [0.4, 0.5) is 0 Å². The number of aromatic nitrogens is 1. The first-order valence-corrected chi connectivity index (χ1v) is 7.97. The first-order valence-electron chi connectivity index (χ1n) is 6.17. The molecule has 100 valence electrons. The van der Waals surface area contributed by atoms with E-state index in [-0.39, 0.29) is 5.91 Å². The number of carbonyl (C=O) groups excluding carboxylic acids is 1. The van der Waals surface area contributed by atoms with E-state index in [4.69, 9.17) is 0 Å². The van der Waals surface area contributed by atoms with Gasteiger partial charge in [-0.3, -0.25) is 4.79 Å². The van der Waals surface area contributed by atoms with Crippen molar-refractivity contribution in [2.75, 3.05) is 12.3 Å². The van der Waals surface area contributed by atoms with Crippen molar-refractivity contribution in [3.8, 4) is 0 Å². The maximum Gasteiger partial charge on any atom is 0.263 e. The highest BCUT2D eigenvalue weighted by molar-refractivity contribution is 8.01. The fourth-order valence-corrected chi connectivity index (χ4v) is 3.07. The minimum atomic E-state index is -0.0200. The topological polar surface area (TPSA) is 42.0 Å². The summed E-state index contributed by atoms with van der Waals surface area (Å²) >= 11 is 3.12. The second kappa shape index (κ2) is 8.32. The second-order valence-electron chi connectivity index (χ2n) is 4.14. The molecule has 3 nitrogen and oxygen atoms in total. The first kappa shape index (κ1) is 15.2. The lowest BCUT2D eigenvalue weighted by Crippen LogP contribution is -2.23. The predicted molar refractivity (Wildman–Crippen MR) is 79.4 cm³/mol. The minimum absolute atomic E-state index is 0.0200. The van der Waals surface area contributed by atoms with Crippen molar-refractivity contribution in [2.24, 2.45) is 5.92 Å². The molecular weight excluding hydrogens is 264 g/mol. The van der Waals surface area contributed by atoms with E-state index < -0.39 is 0 Å². The maximum absolute atomic E-state index is 11.8. The van der Waals surface area contributed by atoms with Crippen LogP contribution < -0.4 is 5.32 Å². The van der Waals surface area contributed by atoms with Crippen molar-refractivity contribution in [3.05, 3.63) is 23.2 Å². The molecule has 1 aromatic heterocycles. The van der Waals surface area contributed by atoms with Crippen LogP contribution in [0.5, 0.6) is 0 Å². The fraction of sp³-hybridized carbons (Fsp3) is 0.538. The van der Waals surface area contributed by atoms with Gasteiger partial charge in [-0.1, -0.05) is 44.7 Å². The van der Waals surface area contributed by atoms with Gasteiger partial charge in [0.2, 0.25) is 0 Å². The maximum atomic E-state index is 11.8. The summed E-state index contributed by atoms with van der Waals surface area (Å²) < 4.78 is 0.961. The average molecular weight is 284 g/mol. The fourth-order valence-electron chi connectivity index (χ4n) is 1.28. The van der Waals surface area contributed by atoms with Gasteiger partial charge in [-0.25, -0.2) is 4.98 Å². The van der Waals surface area contributed by atoms with Gasteiger partial charge in [-0.05, 0) is 18.1 Å². The number of rotatable bonds is 7. The quantitative estimate of drug-likeness (QED) is 0.473. The molecule has 0 bridgehead atoms. The van der Waals surface area contributed by atoms with Crippen LogP contribution in [0.3, 0.4) is 0 Å². The monoisotopic (exact) mass is 284 g/mol. The van der Waals surface area contributed by atoms with Gasteiger partial charge < -0.3 is 5.32 Å². The van der Waals surface area contributed by atoms with Crippen molar-refractivity contribution in [1.29, 1.82) is 0 Å². The summed E-state index contributed by atoms with van der Waals surface area (Å²) in [6.45, 7) is 7.03. The molecule has 0 aliphatic rings. The molecule has 0 aliphatic heterocycles. The number of hydrogen-bond donors (Lipinski definition) is 1. The number of thiazole rings is 1. The molecule has 0 saturated heterocycles. The van der Waals surface area contributed by atoms with E-state index in [1.807, 2.05) is 0 Å². The van der Waals surface area contributed by atoms with E-state index in [1.165, 1.54) is 11.3 Å². The molecule has 18 heavy (non-hydrogen) atoms. The Morgan fingerprint density at radius 2 is 2.39 bits per heavy atom.